The van der Waals surface area contributed by atoms with Crippen molar-refractivity contribution >= 4 is 0 Å². The van der Waals surface area contributed by atoms with E-state index in [1.165, 1.54) is 0 Å². The van der Waals surface area contributed by atoms with Crippen molar-refractivity contribution in [2.24, 2.45) is 0 Å². The molecule has 0 aromatic rings. The molecule has 0 bridgehead atoms. The van der Waals surface area contributed by atoms with Crippen LogP contribution in [0, 0.1) is 0 Å². The van der Waals surface area contributed by atoms with Gasteiger partial charge in [-0.1, -0.05) is 41.5 Å². The molecule has 0 radical (unpaired) electrons. The standard InChI is InChI=1S/C24H54N6/c1-10-28(11-2)22(7)16-25-19-26(17-23(8)29(12-3)13-4)21-27(20-25)18-24(9)30(14-5)15-6/h22-24H,10-21H2,1-9H3. The lowest BCUT2D eigenvalue weighted by atomic mass is 10.2. The van der Waals surface area contributed by atoms with Crippen LogP contribution in [0.25, 0.3) is 0 Å². The predicted molar refractivity (Wildman–Crippen MR) is 132 cm³/mol. The van der Waals surface area contributed by atoms with Gasteiger partial charge in [0.05, 0.1) is 20.0 Å². The zero-order chi connectivity index (χ0) is 22.7. The van der Waals surface area contributed by atoms with E-state index in [2.05, 4.69) is 91.7 Å². The predicted octanol–water partition coefficient (Wildman–Crippen LogP) is 2.97. The van der Waals surface area contributed by atoms with E-state index in [-0.39, 0.29) is 0 Å². The van der Waals surface area contributed by atoms with Gasteiger partial charge in [-0.05, 0) is 60.0 Å². The zero-order valence-corrected chi connectivity index (χ0v) is 21.9. The molecule has 0 amide bonds. The van der Waals surface area contributed by atoms with E-state index in [1.54, 1.807) is 0 Å². The third-order valence-electron chi connectivity index (χ3n) is 7.07. The lowest BCUT2D eigenvalue weighted by Crippen LogP contribution is -2.60. The highest BCUT2D eigenvalue weighted by atomic mass is 15.5. The highest BCUT2D eigenvalue weighted by molar-refractivity contribution is 4.80. The topological polar surface area (TPSA) is 19.4 Å². The highest BCUT2D eigenvalue weighted by Crippen LogP contribution is 2.14. The summed E-state index contributed by atoms with van der Waals surface area (Å²) < 4.78 is 0. The van der Waals surface area contributed by atoms with E-state index in [4.69, 9.17) is 0 Å². The summed E-state index contributed by atoms with van der Waals surface area (Å²) in [6.45, 7) is 34.4. The maximum atomic E-state index is 2.68. The summed E-state index contributed by atoms with van der Waals surface area (Å²) in [5, 5.41) is 0. The normalized spacial score (nSPS) is 20.4. The molecule has 3 unspecified atom stereocenters. The van der Waals surface area contributed by atoms with Crippen molar-refractivity contribution in [1.82, 2.24) is 29.4 Å². The van der Waals surface area contributed by atoms with Crippen molar-refractivity contribution in [3.8, 4) is 0 Å². The van der Waals surface area contributed by atoms with E-state index in [0.717, 1.165) is 78.9 Å². The number of rotatable bonds is 15. The molecule has 0 aromatic carbocycles. The molecule has 1 aliphatic heterocycles. The van der Waals surface area contributed by atoms with Crippen LogP contribution in [0.2, 0.25) is 0 Å². The molecule has 0 aliphatic carbocycles. The quantitative estimate of drug-likeness (QED) is 0.398. The van der Waals surface area contributed by atoms with Gasteiger partial charge in [0.25, 0.3) is 0 Å². The van der Waals surface area contributed by atoms with Crippen LogP contribution in [-0.2, 0) is 0 Å². The summed E-state index contributed by atoms with van der Waals surface area (Å²) >= 11 is 0. The smallest absolute Gasteiger partial charge is 0.0531 e. The monoisotopic (exact) mass is 426 g/mol. The summed E-state index contributed by atoms with van der Waals surface area (Å²) in [5.74, 6) is 0. The minimum atomic E-state index is 0.599. The average Bonchev–Trinajstić information content (AvgIpc) is 2.70. The van der Waals surface area contributed by atoms with Gasteiger partial charge in [0, 0.05) is 37.8 Å². The second-order valence-electron chi connectivity index (χ2n) is 9.20. The van der Waals surface area contributed by atoms with Crippen molar-refractivity contribution in [3.05, 3.63) is 0 Å². The summed E-state index contributed by atoms with van der Waals surface area (Å²) in [7, 11) is 0. The molecule has 1 heterocycles. The van der Waals surface area contributed by atoms with Crippen LogP contribution >= 0.6 is 0 Å². The number of likely N-dealkylation sites (N-methyl/N-ethyl adjacent to an activating group) is 3. The van der Waals surface area contributed by atoms with Gasteiger partial charge in [-0.2, -0.15) is 0 Å². The minimum absolute atomic E-state index is 0.599. The van der Waals surface area contributed by atoms with Gasteiger partial charge in [0.15, 0.2) is 0 Å². The Labute approximate surface area is 189 Å². The Kier molecular flexibility index (Phi) is 13.7. The second kappa shape index (κ2) is 14.8. The first-order valence-electron chi connectivity index (χ1n) is 12.7. The molecule has 0 N–H and O–H groups in total. The molecular formula is C24H54N6. The van der Waals surface area contributed by atoms with E-state index in [9.17, 15) is 0 Å². The zero-order valence-electron chi connectivity index (χ0n) is 21.9. The number of hydrogen-bond acceptors (Lipinski definition) is 6. The maximum absolute atomic E-state index is 2.68. The van der Waals surface area contributed by atoms with Crippen molar-refractivity contribution in [1.29, 1.82) is 0 Å². The Hall–Kier alpha value is -0.240. The first kappa shape index (κ1) is 27.8. The molecule has 1 rings (SSSR count). The van der Waals surface area contributed by atoms with Crippen LogP contribution in [0.15, 0.2) is 0 Å². The first-order chi connectivity index (χ1) is 14.3. The highest BCUT2D eigenvalue weighted by Gasteiger charge is 2.28. The summed E-state index contributed by atoms with van der Waals surface area (Å²) in [6.07, 6.45) is 0. The van der Waals surface area contributed by atoms with E-state index in [1.807, 2.05) is 0 Å². The SMILES string of the molecule is CCN(CC)C(C)CN1CN(CC(C)N(CC)CC)CN(CC(C)N(CC)CC)C1. The van der Waals surface area contributed by atoms with Crippen LogP contribution in [0.5, 0.6) is 0 Å². The Morgan fingerprint density at radius 2 is 0.667 bits per heavy atom. The fraction of sp³-hybridized carbons (Fsp3) is 1.00. The third-order valence-corrected chi connectivity index (χ3v) is 7.07. The van der Waals surface area contributed by atoms with Crippen LogP contribution in [0.3, 0.4) is 0 Å². The summed E-state index contributed by atoms with van der Waals surface area (Å²) in [6, 6.07) is 1.80. The van der Waals surface area contributed by atoms with Gasteiger partial charge in [-0.3, -0.25) is 29.4 Å². The molecule has 1 fully saturated rings. The molecule has 0 saturated carbocycles. The van der Waals surface area contributed by atoms with E-state index in [0.29, 0.717) is 18.1 Å². The van der Waals surface area contributed by atoms with Crippen molar-refractivity contribution in [2.75, 3.05) is 78.9 Å². The molecular weight excluding hydrogens is 372 g/mol. The molecule has 0 aromatic heterocycles. The van der Waals surface area contributed by atoms with E-state index < -0.39 is 0 Å². The molecule has 30 heavy (non-hydrogen) atoms. The van der Waals surface area contributed by atoms with E-state index >= 15 is 0 Å². The van der Waals surface area contributed by atoms with Crippen LogP contribution in [0.1, 0.15) is 62.3 Å². The minimum Gasteiger partial charge on any atom is -0.300 e. The lowest BCUT2D eigenvalue weighted by Gasteiger charge is -2.46. The van der Waals surface area contributed by atoms with Gasteiger partial charge in [-0.15, -0.1) is 0 Å². The summed E-state index contributed by atoms with van der Waals surface area (Å²) in [4.78, 5) is 15.8. The fourth-order valence-corrected chi connectivity index (χ4v) is 5.34. The Morgan fingerprint density at radius 1 is 0.467 bits per heavy atom. The summed E-state index contributed by atoms with van der Waals surface area (Å²) in [5.41, 5.74) is 0. The van der Waals surface area contributed by atoms with Crippen LogP contribution < -0.4 is 0 Å². The molecule has 1 saturated heterocycles. The molecule has 1 aliphatic rings. The van der Waals surface area contributed by atoms with Gasteiger partial charge in [0.1, 0.15) is 0 Å². The molecule has 3 atom stereocenters. The average molecular weight is 427 g/mol. The van der Waals surface area contributed by atoms with Gasteiger partial charge in [0.2, 0.25) is 0 Å². The molecule has 180 valence electrons. The van der Waals surface area contributed by atoms with Gasteiger partial charge < -0.3 is 0 Å². The van der Waals surface area contributed by atoms with Crippen molar-refractivity contribution in [3.63, 3.8) is 0 Å². The number of nitrogens with zero attached hydrogens (tertiary/aromatic N) is 6. The molecule has 6 heteroatoms. The molecule has 0 spiro atoms. The Morgan fingerprint density at radius 3 is 0.833 bits per heavy atom. The number of hydrogen-bond donors (Lipinski definition) is 0. The van der Waals surface area contributed by atoms with Gasteiger partial charge in [-0.25, -0.2) is 0 Å². The maximum Gasteiger partial charge on any atom is 0.0531 e. The fourth-order valence-electron chi connectivity index (χ4n) is 5.34. The Balaban J connectivity index is 2.84. The molecule has 6 nitrogen and oxygen atoms in total. The lowest BCUT2D eigenvalue weighted by molar-refractivity contribution is -0.0546. The van der Waals surface area contributed by atoms with Crippen molar-refractivity contribution < 1.29 is 0 Å². The largest absolute Gasteiger partial charge is 0.300 e. The third kappa shape index (κ3) is 8.71. The van der Waals surface area contributed by atoms with Gasteiger partial charge >= 0.3 is 0 Å². The van der Waals surface area contributed by atoms with Crippen molar-refractivity contribution in [2.45, 2.75) is 80.4 Å². The Bertz CT molecular complexity index is 354. The first-order valence-corrected chi connectivity index (χ1v) is 12.7. The van der Waals surface area contributed by atoms with Crippen LogP contribution in [0.4, 0.5) is 0 Å². The van der Waals surface area contributed by atoms with Crippen LogP contribution in [-0.4, -0.2) is 126 Å². The second-order valence-corrected chi connectivity index (χ2v) is 9.20.